The molecule has 1 saturated heterocycles. The van der Waals surface area contributed by atoms with E-state index in [9.17, 15) is 9.18 Å². The summed E-state index contributed by atoms with van der Waals surface area (Å²) in [6.07, 6.45) is 5.01. The maximum Gasteiger partial charge on any atom is 0.271 e. The largest absolute Gasteiger partial charge is 0.367 e. The summed E-state index contributed by atoms with van der Waals surface area (Å²) in [4.78, 5) is 22.5. The van der Waals surface area contributed by atoms with Gasteiger partial charge in [0.2, 0.25) is 5.78 Å². The first-order valence-electron chi connectivity index (χ1n) is 8.53. The number of rotatable bonds is 4. The number of fused-ring (bicyclic) bond motifs is 1. The summed E-state index contributed by atoms with van der Waals surface area (Å²) < 4.78 is 16.1. The van der Waals surface area contributed by atoms with Gasteiger partial charge in [0.25, 0.3) is 5.91 Å². The summed E-state index contributed by atoms with van der Waals surface area (Å²) in [5.41, 5.74) is 1.59. The summed E-state index contributed by atoms with van der Waals surface area (Å²) in [6.45, 7) is 3.51. The number of amides is 1. The standard InChI is InChI=1S/C18H19FN6O/c19-14-10-13(2-3-16(14)24-8-5-20-6-9-24)11-22-17(26)15-12-25-7-1-4-21-18(25)23-15/h1-4,7,10,12,20H,5-6,8-9,11H2,(H,22,26). The van der Waals surface area contributed by atoms with Crippen molar-refractivity contribution in [1.29, 1.82) is 0 Å². The van der Waals surface area contributed by atoms with E-state index in [0.717, 1.165) is 26.2 Å². The number of anilines is 1. The molecule has 1 fully saturated rings. The topological polar surface area (TPSA) is 74.6 Å². The number of nitrogens with zero attached hydrogens (tertiary/aromatic N) is 4. The zero-order chi connectivity index (χ0) is 17.9. The van der Waals surface area contributed by atoms with Crippen LogP contribution in [-0.2, 0) is 6.54 Å². The molecule has 0 unspecified atom stereocenters. The number of halogens is 1. The van der Waals surface area contributed by atoms with Crippen LogP contribution >= 0.6 is 0 Å². The molecule has 0 saturated carbocycles. The van der Waals surface area contributed by atoms with E-state index >= 15 is 0 Å². The molecule has 0 bridgehead atoms. The Hall–Kier alpha value is -3.00. The minimum absolute atomic E-state index is 0.235. The molecule has 0 atom stereocenters. The van der Waals surface area contributed by atoms with Gasteiger partial charge in [0.05, 0.1) is 5.69 Å². The van der Waals surface area contributed by atoms with Crippen molar-refractivity contribution in [3.05, 3.63) is 59.9 Å². The number of imidazole rings is 1. The molecule has 134 valence electrons. The monoisotopic (exact) mass is 354 g/mol. The van der Waals surface area contributed by atoms with Crippen LogP contribution in [0.5, 0.6) is 0 Å². The van der Waals surface area contributed by atoms with Crippen LogP contribution in [-0.4, -0.2) is 46.5 Å². The number of piperazine rings is 1. The van der Waals surface area contributed by atoms with Crippen molar-refractivity contribution in [2.24, 2.45) is 0 Å². The van der Waals surface area contributed by atoms with E-state index in [1.165, 1.54) is 6.07 Å². The van der Waals surface area contributed by atoms with Crippen LogP contribution in [0.15, 0.2) is 42.9 Å². The van der Waals surface area contributed by atoms with Gasteiger partial charge in [-0.3, -0.25) is 9.20 Å². The highest BCUT2D eigenvalue weighted by atomic mass is 19.1. The molecule has 0 spiro atoms. The van der Waals surface area contributed by atoms with Gasteiger partial charge in [-0.05, 0) is 23.8 Å². The average molecular weight is 354 g/mol. The highest BCUT2D eigenvalue weighted by Gasteiger charge is 2.15. The van der Waals surface area contributed by atoms with Crippen molar-refractivity contribution in [3.63, 3.8) is 0 Å². The Bertz CT molecular complexity index is 901. The molecule has 7 nitrogen and oxygen atoms in total. The summed E-state index contributed by atoms with van der Waals surface area (Å²) >= 11 is 0. The number of hydrogen-bond acceptors (Lipinski definition) is 5. The van der Waals surface area contributed by atoms with Gasteiger partial charge in [0, 0.05) is 51.3 Å². The molecule has 26 heavy (non-hydrogen) atoms. The van der Waals surface area contributed by atoms with Gasteiger partial charge in [0.1, 0.15) is 11.5 Å². The van der Waals surface area contributed by atoms with E-state index in [0.29, 0.717) is 17.0 Å². The summed E-state index contributed by atoms with van der Waals surface area (Å²) in [5.74, 6) is -0.123. The normalized spacial score (nSPS) is 14.6. The maximum atomic E-state index is 14.4. The third-order valence-corrected chi connectivity index (χ3v) is 4.39. The number of carbonyl (C=O) groups is 1. The maximum absolute atomic E-state index is 14.4. The predicted molar refractivity (Wildman–Crippen MR) is 95.6 cm³/mol. The first-order chi connectivity index (χ1) is 12.7. The Morgan fingerprint density at radius 2 is 2.15 bits per heavy atom. The van der Waals surface area contributed by atoms with Crippen LogP contribution in [0.3, 0.4) is 0 Å². The lowest BCUT2D eigenvalue weighted by Gasteiger charge is -2.29. The number of benzene rings is 1. The molecule has 3 aromatic rings. The van der Waals surface area contributed by atoms with Crippen LogP contribution in [0.1, 0.15) is 16.1 Å². The van der Waals surface area contributed by atoms with Crippen LogP contribution in [0.2, 0.25) is 0 Å². The summed E-state index contributed by atoms with van der Waals surface area (Å²) in [5, 5.41) is 6.02. The van der Waals surface area contributed by atoms with Gasteiger partial charge in [-0.2, -0.15) is 0 Å². The molecular formula is C18H19FN6O. The van der Waals surface area contributed by atoms with E-state index in [-0.39, 0.29) is 24.0 Å². The second-order valence-electron chi connectivity index (χ2n) is 6.16. The van der Waals surface area contributed by atoms with Gasteiger partial charge >= 0.3 is 0 Å². The molecule has 1 aliphatic rings. The van der Waals surface area contributed by atoms with Crippen molar-refractivity contribution in [2.45, 2.75) is 6.54 Å². The molecule has 1 aliphatic heterocycles. The molecular weight excluding hydrogens is 335 g/mol. The van der Waals surface area contributed by atoms with E-state index in [4.69, 9.17) is 0 Å². The van der Waals surface area contributed by atoms with Crippen LogP contribution in [0.4, 0.5) is 10.1 Å². The lowest BCUT2D eigenvalue weighted by molar-refractivity contribution is 0.0946. The molecule has 2 N–H and O–H groups in total. The molecule has 0 radical (unpaired) electrons. The smallest absolute Gasteiger partial charge is 0.271 e. The number of hydrogen-bond donors (Lipinski definition) is 2. The Balaban J connectivity index is 1.42. The Labute approximate surface area is 149 Å². The minimum atomic E-state index is -0.318. The molecule has 8 heteroatoms. The second-order valence-corrected chi connectivity index (χ2v) is 6.16. The first-order valence-corrected chi connectivity index (χ1v) is 8.53. The van der Waals surface area contributed by atoms with Gasteiger partial charge < -0.3 is 15.5 Å². The molecule has 1 aromatic carbocycles. The third kappa shape index (κ3) is 3.36. The minimum Gasteiger partial charge on any atom is -0.367 e. The Morgan fingerprint density at radius 1 is 1.31 bits per heavy atom. The summed E-state index contributed by atoms with van der Waals surface area (Å²) in [6, 6.07) is 6.85. The molecule has 1 amide bonds. The van der Waals surface area contributed by atoms with Crippen molar-refractivity contribution < 1.29 is 9.18 Å². The average Bonchev–Trinajstić information content (AvgIpc) is 3.11. The van der Waals surface area contributed by atoms with Crippen molar-refractivity contribution in [2.75, 3.05) is 31.1 Å². The lowest BCUT2D eigenvalue weighted by atomic mass is 10.1. The van der Waals surface area contributed by atoms with Gasteiger partial charge in [-0.25, -0.2) is 14.4 Å². The van der Waals surface area contributed by atoms with Crippen LogP contribution < -0.4 is 15.5 Å². The second kappa shape index (κ2) is 7.09. The van der Waals surface area contributed by atoms with Crippen LogP contribution in [0.25, 0.3) is 5.78 Å². The van der Waals surface area contributed by atoms with E-state index in [1.807, 2.05) is 11.0 Å². The van der Waals surface area contributed by atoms with Crippen molar-refractivity contribution in [1.82, 2.24) is 25.0 Å². The molecule has 4 rings (SSSR count). The first kappa shape index (κ1) is 16.5. The van der Waals surface area contributed by atoms with Gasteiger partial charge in [-0.15, -0.1) is 0 Å². The fourth-order valence-corrected chi connectivity index (χ4v) is 3.03. The zero-order valence-corrected chi connectivity index (χ0v) is 14.2. The fourth-order valence-electron chi connectivity index (χ4n) is 3.03. The Kier molecular flexibility index (Phi) is 4.49. The number of nitrogens with one attached hydrogen (secondary N) is 2. The number of carbonyl (C=O) groups excluding carboxylic acids is 1. The zero-order valence-electron chi connectivity index (χ0n) is 14.2. The molecule has 3 heterocycles. The Morgan fingerprint density at radius 3 is 2.92 bits per heavy atom. The highest BCUT2D eigenvalue weighted by Crippen LogP contribution is 2.21. The third-order valence-electron chi connectivity index (χ3n) is 4.39. The van der Waals surface area contributed by atoms with E-state index < -0.39 is 0 Å². The van der Waals surface area contributed by atoms with Crippen LogP contribution in [0, 0.1) is 5.82 Å². The highest BCUT2D eigenvalue weighted by molar-refractivity contribution is 5.92. The van der Waals surface area contributed by atoms with Gasteiger partial charge in [0.15, 0.2) is 0 Å². The predicted octanol–water partition coefficient (Wildman–Crippen LogP) is 1.21. The molecule has 2 aromatic heterocycles. The fraction of sp³-hybridized carbons (Fsp3) is 0.278. The van der Waals surface area contributed by atoms with Crippen molar-refractivity contribution >= 4 is 17.4 Å². The quantitative estimate of drug-likeness (QED) is 0.737. The molecule has 0 aliphatic carbocycles. The summed E-state index contributed by atoms with van der Waals surface area (Å²) in [7, 11) is 0. The van der Waals surface area contributed by atoms with E-state index in [1.54, 1.807) is 35.1 Å². The lowest BCUT2D eigenvalue weighted by Crippen LogP contribution is -2.43. The van der Waals surface area contributed by atoms with Gasteiger partial charge in [-0.1, -0.05) is 6.07 Å². The number of aromatic nitrogens is 3. The van der Waals surface area contributed by atoms with E-state index in [2.05, 4.69) is 20.6 Å². The van der Waals surface area contributed by atoms with Crippen molar-refractivity contribution in [3.8, 4) is 0 Å². The SMILES string of the molecule is O=C(NCc1ccc(N2CCNCC2)c(F)c1)c1cn2cccnc2n1.